The summed E-state index contributed by atoms with van der Waals surface area (Å²) in [6.07, 6.45) is 0. The van der Waals surface area contributed by atoms with Gasteiger partial charge in [-0.05, 0) is 115 Å². The quantitative estimate of drug-likeness (QED) is 0.172. The summed E-state index contributed by atoms with van der Waals surface area (Å²) >= 11 is 0. The number of hydrogen-bond acceptors (Lipinski definition) is 2. The van der Waals surface area contributed by atoms with Gasteiger partial charge in [0.1, 0.15) is 11.2 Å². The zero-order valence-electron chi connectivity index (χ0n) is 29.6. The Morgan fingerprint density at radius 3 is 1.96 bits per heavy atom. The predicted octanol–water partition coefficient (Wildman–Crippen LogP) is 14.5. The number of benzene rings is 9. The van der Waals surface area contributed by atoms with Crippen LogP contribution in [0.25, 0.3) is 76.5 Å². The maximum atomic E-state index is 6.47. The topological polar surface area (TPSA) is 16.4 Å². The summed E-state index contributed by atoms with van der Waals surface area (Å²) in [6.45, 7) is 4.70. The van der Waals surface area contributed by atoms with Crippen molar-refractivity contribution in [3.63, 3.8) is 0 Å². The van der Waals surface area contributed by atoms with Crippen molar-refractivity contribution in [2.45, 2.75) is 19.3 Å². The van der Waals surface area contributed by atoms with Crippen molar-refractivity contribution < 1.29 is 4.42 Å². The highest BCUT2D eigenvalue weighted by molar-refractivity contribution is 6.23. The molecule has 0 bridgehead atoms. The van der Waals surface area contributed by atoms with Crippen LogP contribution in [0.15, 0.2) is 180 Å². The van der Waals surface area contributed by atoms with Gasteiger partial charge >= 0.3 is 0 Å². The van der Waals surface area contributed by atoms with E-state index in [9.17, 15) is 0 Å². The minimum atomic E-state index is -0.0849. The molecule has 0 saturated heterocycles. The molecule has 9 aromatic carbocycles. The summed E-state index contributed by atoms with van der Waals surface area (Å²) < 4.78 is 6.47. The molecule has 1 aliphatic carbocycles. The lowest BCUT2D eigenvalue weighted by Gasteiger charge is -2.28. The van der Waals surface area contributed by atoms with E-state index < -0.39 is 0 Å². The van der Waals surface area contributed by atoms with Gasteiger partial charge in [-0.1, -0.05) is 135 Å². The number of rotatable bonds is 4. The lowest BCUT2D eigenvalue weighted by atomic mass is 9.82. The van der Waals surface area contributed by atoms with E-state index in [1.807, 2.05) is 6.07 Å². The van der Waals surface area contributed by atoms with E-state index in [0.717, 1.165) is 39.0 Å². The molecule has 53 heavy (non-hydrogen) atoms. The smallest absolute Gasteiger partial charge is 0.143 e. The number of anilines is 3. The molecule has 0 radical (unpaired) electrons. The number of hydrogen-bond donors (Lipinski definition) is 0. The van der Waals surface area contributed by atoms with Crippen LogP contribution in [0.4, 0.5) is 17.1 Å². The summed E-state index contributed by atoms with van der Waals surface area (Å²) in [5, 5.41) is 9.55. The van der Waals surface area contributed by atoms with Crippen molar-refractivity contribution in [3.8, 4) is 22.3 Å². The molecule has 0 unspecified atom stereocenters. The Labute approximate surface area is 308 Å². The first-order valence-corrected chi connectivity index (χ1v) is 18.4. The molecule has 0 atom stereocenters. The molecule has 0 fully saturated rings. The summed E-state index contributed by atoms with van der Waals surface area (Å²) in [5.74, 6) is 0. The minimum Gasteiger partial charge on any atom is -0.455 e. The van der Waals surface area contributed by atoms with E-state index in [-0.39, 0.29) is 5.41 Å². The van der Waals surface area contributed by atoms with E-state index in [4.69, 9.17) is 4.42 Å². The highest BCUT2D eigenvalue weighted by Gasteiger charge is 2.35. The van der Waals surface area contributed by atoms with Crippen LogP contribution in [0.5, 0.6) is 0 Å². The van der Waals surface area contributed by atoms with Crippen LogP contribution in [-0.2, 0) is 5.41 Å². The van der Waals surface area contributed by atoms with Crippen molar-refractivity contribution in [1.82, 2.24) is 0 Å². The third-order valence-corrected chi connectivity index (χ3v) is 11.6. The average Bonchev–Trinajstić information content (AvgIpc) is 3.70. The monoisotopic (exact) mass is 677 g/mol. The van der Waals surface area contributed by atoms with Crippen LogP contribution in [0.3, 0.4) is 0 Å². The molecule has 1 heterocycles. The van der Waals surface area contributed by atoms with Gasteiger partial charge in [-0.3, -0.25) is 0 Å². The van der Waals surface area contributed by atoms with Gasteiger partial charge in [-0.15, -0.1) is 0 Å². The number of nitrogens with zero attached hydrogens (tertiary/aromatic N) is 1. The Morgan fingerprint density at radius 1 is 0.415 bits per heavy atom. The molecular formula is C51H35NO. The van der Waals surface area contributed by atoms with E-state index in [0.29, 0.717) is 0 Å². The van der Waals surface area contributed by atoms with Crippen molar-refractivity contribution in [1.29, 1.82) is 0 Å². The molecule has 2 heteroatoms. The Kier molecular flexibility index (Phi) is 6.33. The van der Waals surface area contributed by atoms with E-state index in [1.54, 1.807) is 0 Å². The molecular weight excluding hydrogens is 643 g/mol. The third-order valence-electron chi connectivity index (χ3n) is 11.6. The van der Waals surface area contributed by atoms with Crippen molar-refractivity contribution in [2.75, 3.05) is 4.90 Å². The summed E-state index contributed by atoms with van der Waals surface area (Å²) in [5.41, 5.74) is 13.0. The van der Waals surface area contributed by atoms with Gasteiger partial charge in [0.05, 0.1) is 0 Å². The molecule has 250 valence electrons. The van der Waals surface area contributed by atoms with E-state index in [2.05, 4.69) is 189 Å². The molecule has 0 aliphatic heterocycles. The van der Waals surface area contributed by atoms with Crippen LogP contribution in [0.2, 0.25) is 0 Å². The Bertz CT molecular complexity index is 3090. The second-order valence-electron chi connectivity index (χ2n) is 15.0. The fourth-order valence-electron chi connectivity index (χ4n) is 8.91. The van der Waals surface area contributed by atoms with Gasteiger partial charge in [-0.2, -0.15) is 0 Å². The second kappa shape index (κ2) is 11.2. The van der Waals surface area contributed by atoms with Crippen LogP contribution < -0.4 is 4.90 Å². The lowest BCUT2D eigenvalue weighted by Crippen LogP contribution is -2.16. The lowest BCUT2D eigenvalue weighted by molar-refractivity contribution is 0.660. The van der Waals surface area contributed by atoms with Gasteiger partial charge in [0.15, 0.2) is 0 Å². The van der Waals surface area contributed by atoms with Gasteiger partial charge in [0.25, 0.3) is 0 Å². The molecule has 11 rings (SSSR count). The SMILES string of the molecule is CC1(C)c2ccccc2-c2ccc(N(c3ccc(-c4ccc5c(ccc6ccc7c8ccccc8oc7c65)c4)cc3)c3ccc4ccccc4c3)cc21. The van der Waals surface area contributed by atoms with E-state index >= 15 is 0 Å². The number of para-hydroxylation sites is 1. The highest BCUT2D eigenvalue weighted by Crippen LogP contribution is 2.51. The normalized spacial score (nSPS) is 13.2. The average molecular weight is 678 g/mol. The first-order chi connectivity index (χ1) is 26.0. The molecule has 2 nitrogen and oxygen atoms in total. The first-order valence-electron chi connectivity index (χ1n) is 18.4. The largest absolute Gasteiger partial charge is 0.455 e. The van der Waals surface area contributed by atoms with E-state index in [1.165, 1.54) is 65.7 Å². The van der Waals surface area contributed by atoms with Crippen LogP contribution >= 0.6 is 0 Å². The molecule has 0 saturated carbocycles. The fourth-order valence-corrected chi connectivity index (χ4v) is 8.91. The Morgan fingerprint density at radius 2 is 1.06 bits per heavy atom. The molecule has 0 N–H and O–H groups in total. The van der Waals surface area contributed by atoms with Crippen LogP contribution in [0, 0.1) is 0 Å². The maximum Gasteiger partial charge on any atom is 0.143 e. The summed E-state index contributed by atoms with van der Waals surface area (Å²) in [6, 6.07) is 64.3. The van der Waals surface area contributed by atoms with Crippen molar-refractivity contribution >= 4 is 71.3 Å². The van der Waals surface area contributed by atoms with Gasteiger partial charge < -0.3 is 9.32 Å². The molecule has 0 amide bonds. The molecule has 10 aromatic rings. The van der Waals surface area contributed by atoms with Crippen LogP contribution in [-0.4, -0.2) is 0 Å². The van der Waals surface area contributed by atoms with Crippen LogP contribution in [0.1, 0.15) is 25.0 Å². The standard InChI is InChI=1S/C51H35NO/c1-51(2)46-13-7-5-11-42(46)43-28-25-40(31-47(43)51)52(39-24-19-32-9-3-4-10-35(32)30-39)38-22-17-33(18-23-38)36-21-26-41-37(29-36)16-15-34-20-27-45-44-12-6-8-14-48(44)53-50(45)49(34)41/h3-31H,1-2H3. The van der Waals surface area contributed by atoms with Gasteiger partial charge in [0, 0.05) is 38.6 Å². The zero-order chi connectivity index (χ0) is 35.3. The Balaban J connectivity index is 1.02. The van der Waals surface area contributed by atoms with Crippen molar-refractivity contribution in [3.05, 3.63) is 187 Å². The number of furan rings is 1. The fraction of sp³-hybridized carbons (Fsp3) is 0.0588. The predicted molar refractivity (Wildman–Crippen MR) is 224 cm³/mol. The van der Waals surface area contributed by atoms with Gasteiger partial charge in [-0.25, -0.2) is 0 Å². The third kappa shape index (κ3) is 4.52. The maximum absolute atomic E-state index is 6.47. The Hall–Kier alpha value is -6.64. The zero-order valence-corrected chi connectivity index (χ0v) is 29.6. The summed E-state index contributed by atoms with van der Waals surface area (Å²) in [7, 11) is 0. The van der Waals surface area contributed by atoms with Gasteiger partial charge in [0.2, 0.25) is 0 Å². The van der Waals surface area contributed by atoms with Crippen molar-refractivity contribution in [2.24, 2.45) is 0 Å². The summed E-state index contributed by atoms with van der Waals surface area (Å²) in [4.78, 5) is 2.40. The minimum absolute atomic E-state index is 0.0849. The first kappa shape index (κ1) is 30.0. The number of fused-ring (bicyclic) bond motifs is 11. The molecule has 1 aliphatic rings. The second-order valence-corrected chi connectivity index (χ2v) is 15.0. The molecule has 1 aromatic heterocycles. The highest BCUT2D eigenvalue weighted by atomic mass is 16.3. The molecule has 0 spiro atoms.